The summed E-state index contributed by atoms with van der Waals surface area (Å²) >= 11 is 1.93. The molecule has 1 aliphatic heterocycles. The van der Waals surface area contributed by atoms with Crippen LogP contribution in [-0.4, -0.2) is 53.1 Å². The largest absolute Gasteiger partial charge is 0.480 e. The minimum Gasteiger partial charge on any atom is -0.480 e. The minimum atomic E-state index is -1.06. The van der Waals surface area contributed by atoms with Gasteiger partial charge in [0.05, 0.1) is 6.54 Å². The normalized spacial score (nSPS) is 15.7. The van der Waals surface area contributed by atoms with E-state index in [0.717, 1.165) is 29.2 Å². The van der Waals surface area contributed by atoms with E-state index in [9.17, 15) is 9.59 Å². The average Bonchev–Trinajstić information content (AvgIpc) is 2.36. The van der Waals surface area contributed by atoms with Crippen LogP contribution in [0, 0.1) is 18.3 Å². The molecule has 6 heteroatoms. The summed E-state index contributed by atoms with van der Waals surface area (Å²) in [5, 5.41) is 11.4. The molecule has 1 aliphatic rings. The Bertz CT molecular complexity index is 335. The smallest absolute Gasteiger partial charge is 0.323 e. The zero-order chi connectivity index (χ0) is 13.4. The molecule has 0 unspecified atom stereocenters. The highest BCUT2D eigenvalue weighted by Crippen LogP contribution is 2.21. The number of nitrogens with one attached hydrogen (secondary N) is 1. The number of aliphatic carboxylic acids is 1. The van der Waals surface area contributed by atoms with E-state index in [4.69, 9.17) is 11.5 Å². The molecule has 2 N–H and O–H groups in total. The number of terminal acetylenes is 1. The minimum absolute atomic E-state index is 0.0126. The summed E-state index contributed by atoms with van der Waals surface area (Å²) in [6.07, 6.45) is 7.31. The van der Waals surface area contributed by atoms with Crippen molar-refractivity contribution in [2.45, 2.75) is 12.8 Å². The maximum atomic E-state index is 11.8. The third-order valence-electron chi connectivity index (χ3n) is 2.78. The maximum absolute atomic E-state index is 11.8. The van der Waals surface area contributed by atoms with Crippen LogP contribution >= 0.6 is 11.8 Å². The van der Waals surface area contributed by atoms with Gasteiger partial charge in [0.15, 0.2) is 0 Å². The van der Waals surface area contributed by atoms with Crippen molar-refractivity contribution in [3.63, 3.8) is 0 Å². The molecule has 1 saturated heterocycles. The molecule has 0 bridgehead atoms. The van der Waals surface area contributed by atoms with E-state index in [1.54, 1.807) is 0 Å². The number of amides is 2. The second-order valence-electron chi connectivity index (χ2n) is 4.20. The lowest BCUT2D eigenvalue weighted by Crippen LogP contribution is -2.44. The Balaban J connectivity index is 2.35. The number of thioether (sulfide) groups is 1. The van der Waals surface area contributed by atoms with Gasteiger partial charge in [-0.05, 0) is 30.3 Å². The number of urea groups is 1. The van der Waals surface area contributed by atoms with Crippen molar-refractivity contribution in [3.05, 3.63) is 0 Å². The molecule has 0 radical (unpaired) electrons. The van der Waals surface area contributed by atoms with Crippen molar-refractivity contribution in [1.29, 1.82) is 0 Å². The molecular formula is C12H18N2O3S. The lowest BCUT2D eigenvalue weighted by molar-refractivity contribution is -0.137. The Labute approximate surface area is 111 Å². The Hall–Kier alpha value is -1.35. The van der Waals surface area contributed by atoms with Gasteiger partial charge in [-0.25, -0.2) is 4.79 Å². The lowest BCUT2D eigenvalue weighted by atomic mass is 10.0. The standard InChI is InChI=1S/C12H18N2O3S/c1-2-5-14(9-11(15)16)12(17)13-8-10-3-6-18-7-4-10/h1,10H,3-9H2,(H,13,17)(H,15,16). The molecular weight excluding hydrogens is 252 g/mol. The summed E-state index contributed by atoms with van der Waals surface area (Å²) in [6.45, 7) is 0.245. The van der Waals surface area contributed by atoms with Gasteiger partial charge in [-0.2, -0.15) is 11.8 Å². The number of carboxylic acids is 1. The second-order valence-corrected chi connectivity index (χ2v) is 5.42. The Morgan fingerprint density at radius 1 is 1.44 bits per heavy atom. The van der Waals surface area contributed by atoms with E-state index in [2.05, 4.69) is 11.2 Å². The number of nitrogens with zero attached hydrogens (tertiary/aromatic N) is 1. The topological polar surface area (TPSA) is 69.6 Å². The fourth-order valence-corrected chi connectivity index (χ4v) is 2.97. The van der Waals surface area contributed by atoms with Crippen LogP contribution in [0.5, 0.6) is 0 Å². The first-order valence-corrected chi connectivity index (χ1v) is 7.04. The highest BCUT2D eigenvalue weighted by Gasteiger charge is 2.18. The van der Waals surface area contributed by atoms with Gasteiger partial charge >= 0.3 is 12.0 Å². The first kappa shape index (κ1) is 14.7. The van der Waals surface area contributed by atoms with E-state index in [-0.39, 0.29) is 13.1 Å². The zero-order valence-electron chi connectivity index (χ0n) is 10.2. The zero-order valence-corrected chi connectivity index (χ0v) is 11.0. The summed E-state index contributed by atoms with van der Waals surface area (Å²) in [5.74, 6) is 3.98. The van der Waals surface area contributed by atoms with Crippen LogP contribution in [0.25, 0.3) is 0 Å². The highest BCUT2D eigenvalue weighted by atomic mass is 32.2. The van der Waals surface area contributed by atoms with Gasteiger partial charge in [0.2, 0.25) is 0 Å². The van der Waals surface area contributed by atoms with Crippen LogP contribution < -0.4 is 5.32 Å². The molecule has 0 aromatic carbocycles. The lowest BCUT2D eigenvalue weighted by Gasteiger charge is -2.24. The average molecular weight is 270 g/mol. The van der Waals surface area contributed by atoms with E-state index in [1.807, 2.05) is 11.8 Å². The van der Waals surface area contributed by atoms with Crippen LogP contribution in [0.4, 0.5) is 4.79 Å². The fourth-order valence-electron chi connectivity index (χ4n) is 1.77. The Morgan fingerprint density at radius 2 is 2.11 bits per heavy atom. The molecule has 0 aliphatic carbocycles. The van der Waals surface area contributed by atoms with Crippen molar-refractivity contribution < 1.29 is 14.7 Å². The van der Waals surface area contributed by atoms with E-state index in [1.165, 1.54) is 0 Å². The summed E-state index contributed by atoms with van der Waals surface area (Å²) in [4.78, 5) is 23.5. The van der Waals surface area contributed by atoms with Crippen LogP contribution in [0.3, 0.4) is 0 Å². The van der Waals surface area contributed by atoms with Gasteiger partial charge in [-0.1, -0.05) is 5.92 Å². The van der Waals surface area contributed by atoms with Crippen LogP contribution in [0.1, 0.15) is 12.8 Å². The van der Waals surface area contributed by atoms with Gasteiger partial charge in [0.1, 0.15) is 6.54 Å². The third-order valence-corrected chi connectivity index (χ3v) is 3.83. The van der Waals surface area contributed by atoms with Crippen LogP contribution in [-0.2, 0) is 4.79 Å². The predicted molar refractivity (Wildman–Crippen MR) is 71.5 cm³/mol. The van der Waals surface area contributed by atoms with Gasteiger partial charge in [0, 0.05) is 6.54 Å². The SMILES string of the molecule is C#CCN(CC(=O)O)C(=O)NCC1CCSCC1. The summed E-state index contributed by atoms with van der Waals surface area (Å²) in [7, 11) is 0. The quantitative estimate of drug-likeness (QED) is 0.727. The fraction of sp³-hybridized carbons (Fsp3) is 0.667. The summed E-state index contributed by atoms with van der Waals surface area (Å²) in [5.41, 5.74) is 0. The number of rotatable bonds is 5. The maximum Gasteiger partial charge on any atom is 0.323 e. The first-order valence-electron chi connectivity index (χ1n) is 5.89. The second kappa shape index (κ2) is 7.88. The number of hydrogen-bond acceptors (Lipinski definition) is 3. The molecule has 0 atom stereocenters. The van der Waals surface area contributed by atoms with E-state index >= 15 is 0 Å². The molecule has 0 saturated carbocycles. The first-order chi connectivity index (χ1) is 8.63. The summed E-state index contributed by atoms with van der Waals surface area (Å²) in [6, 6.07) is -0.395. The number of carbonyl (C=O) groups excluding carboxylic acids is 1. The van der Waals surface area contributed by atoms with Gasteiger partial charge in [-0.15, -0.1) is 6.42 Å². The number of hydrogen-bond donors (Lipinski definition) is 2. The van der Waals surface area contributed by atoms with Crippen molar-refractivity contribution in [2.24, 2.45) is 5.92 Å². The van der Waals surface area contributed by atoms with Gasteiger partial charge < -0.3 is 15.3 Å². The predicted octanol–water partition coefficient (Wildman–Crippen LogP) is 0.859. The Morgan fingerprint density at radius 3 is 2.67 bits per heavy atom. The van der Waals surface area contributed by atoms with Crippen molar-refractivity contribution in [2.75, 3.05) is 31.1 Å². The molecule has 5 nitrogen and oxygen atoms in total. The molecule has 1 rings (SSSR count). The van der Waals surface area contributed by atoms with Crippen molar-refractivity contribution in [3.8, 4) is 12.3 Å². The molecule has 0 spiro atoms. The third kappa shape index (κ3) is 5.32. The Kier molecular flexibility index (Phi) is 6.44. The molecule has 100 valence electrons. The van der Waals surface area contributed by atoms with E-state index < -0.39 is 12.0 Å². The molecule has 0 aromatic heterocycles. The monoisotopic (exact) mass is 270 g/mol. The number of carboxylic acid groups (broad SMARTS) is 1. The molecule has 1 heterocycles. The van der Waals surface area contributed by atoms with Gasteiger partial charge in [0.25, 0.3) is 0 Å². The van der Waals surface area contributed by atoms with E-state index in [0.29, 0.717) is 12.5 Å². The molecule has 1 fully saturated rings. The van der Waals surface area contributed by atoms with Crippen LogP contribution in [0.2, 0.25) is 0 Å². The van der Waals surface area contributed by atoms with Gasteiger partial charge in [-0.3, -0.25) is 4.79 Å². The van der Waals surface area contributed by atoms with Crippen molar-refractivity contribution >= 4 is 23.8 Å². The molecule has 18 heavy (non-hydrogen) atoms. The molecule has 2 amide bonds. The summed E-state index contributed by atoms with van der Waals surface area (Å²) < 4.78 is 0. The van der Waals surface area contributed by atoms with Crippen LogP contribution in [0.15, 0.2) is 0 Å². The number of carbonyl (C=O) groups is 2. The van der Waals surface area contributed by atoms with Crippen molar-refractivity contribution in [1.82, 2.24) is 10.2 Å². The molecule has 0 aromatic rings. The highest BCUT2D eigenvalue weighted by molar-refractivity contribution is 7.99.